The number of hydrogen-bond donors (Lipinski definition) is 1. The number of hydrogen-bond acceptors (Lipinski definition) is 3. The summed E-state index contributed by atoms with van der Waals surface area (Å²) < 4.78 is 1.78. The van der Waals surface area contributed by atoms with Crippen molar-refractivity contribution in [3.63, 3.8) is 0 Å². The van der Waals surface area contributed by atoms with E-state index in [9.17, 15) is 9.59 Å². The summed E-state index contributed by atoms with van der Waals surface area (Å²) >= 11 is 0. The van der Waals surface area contributed by atoms with Crippen LogP contribution in [-0.2, 0) is 31.2 Å². The summed E-state index contributed by atoms with van der Waals surface area (Å²) in [6.07, 6.45) is 2.73. The Hall–Kier alpha value is -2.34. The molecular weight excluding hydrogens is 316 g/mol. The lowest BCUT2D eigenvalue weighted by atomic mass is 9.96. The fraction of sp³-hybridized carbons (Fsp3) is 0.474. The summed E-state index contributed by atoms with van der Waals surface area (Å²) in [7, 11) is 1.86. The highest BCUT2D eigenvalue weighted by molar-refractivity contribution is 5.96. The van der Waals surface area contributed by atoms with Gasteiger partial charge in [-0.3, -0.25) is 24.3 Å². The minimum atomic E-state index is 0.00190. The van der Waals surface area contributed by atoms with Crippen LogP contribution < -0.4 is 10.5 Å². The largest absolute Gasteiger partial charge is 0.308 e. The van der Waals surface area contributed by atoms with Gasteiger partial charge in [-0.2, -0.15) is 0 Å². The van der Waals surface area contributed by atoms with E-state index in [1.165, 1.54) is 5.56 Å². The number of rotatable bonds is 2. The Morgan fingerprint density at radius 2 is 2.08 bits per heavy atom. The van der Waals surface area contributed by atoms with Crippen LogP contribution in [0.1, 0.15) is 30.2 Å². The maximum absolute atomic E-state index is 13.0. The van der Waals surface area contributed by atoms with Gasteiger partial charge in [-0.25, -0.2) is 0 Å². The molecule has 1 N–H and O–H groups in total. The number of nitrogens with zero attached hydrogens (tertiary/aromatic N) is 3. The molecule has 0 radical (unpaired) electrons. The summed E-state index contributed by atoms with van der Waals surface area (Å²) in [5.41, 5.74) is 4.17. The van der Waals surface area contributed by atoms with E-state index >= 15 is 0 Å². The fourth-order valence-electron chi connectivity index (χ4n) is 4.11. The van der Waals surface area contributed by atoms with Crippen molar-refractivity contribution < 1.29 is 4.79 Å². The molecule has 0 fully saturated rings. The second-order valence-electron chi connectivity index (χ2n) is 7.17. The number of carbonyl (C=O) groups is 1. The number of aromatic nitrogens is 2. The first-order chi connectivity index (χ1) is 12.0. The lowest BCUT2D eigenvalue weighted by Gasteiger charge is -2.37. The van der Waals surface area contributed by atoms with Crippen LogP contribution in [-0.4, -0.2) is 39.7 Å². The van der Waals surface area contributed by atoms with E-state index in [1.54, 1.807) is 4.68 Å². The molecular formula is C19H24N4O2. The zero-order chi connectivity index (χ0) is 17.6. The molecule has 1 amide bonds. The normalized spacial score (nSPS) is 20.2. The maximum Gasteiger partial charge on any atom is 0.267 e. The Bertz CT molecular complexity index is 867. The second-order valence-corrected chi connectivity index (χ2v) is 7.17. The van der Waals surface area contributed by atoms with Crippen LogP contribution in [0.15, 0.2) is 29.1 Å². The van der Waals surface area contributed by atoms with Gasteiger partial charge in [0.25, 0.3) is 5.56 Å². The van der Waals surface area contributed by atoms with E-state index in [0.717, 1.165) is 36.3 Å². The SMILES string of the molecule is CC1CCc2ccccc2N1C(=O)CN1CCc2c(n(C)[nH]c2=O)C1. The Morgan fingerprint density at radius 3 is 2.92 bits per heavy atom. The number of nitrogens with one attached hydrogen (secondary N) is 1. The number of amides is 1. The van der Waals surface area contributed by atoms with Crippen molar-refractivity contribution in [3.8, 4) is 0 Å². The number of aromatic amines is 1. The maximum atomic E-state index is 13.0. The van der Waals surface area contributed by atoms with Gasteiger partial charge in [0.1, 0.15) is 0 Å². The third kappa shape index (κ3) is 2.80. The van der Waals surface area contributed by atoms with Crippen molar-refractivity contribution in [1.82, 2.24) is 14.7 Å². The van der Waals surface area contributed by atoms with Crippen molar-refractivity contribution in [3.05, 3.63) is 51.4 Å². The van der Waals surface area contributed by atoms with Gasteiger partial charge in [0.05, 0.1) is 12.2 Å². The minimum Gasteiger partial charge on any atom is -0.308 e. The summed E-state index contributed by atoms with van der Waals surface area (Å²) in [5.74, 6) is 0.142. The molecule has 0 aliphatic carbocycles. The number of H-pyrrole nitrogens is 1. The molecule has 6 nitrogen and oxygen atoms in total. The molecule has 0 bridgehead atoms. The zero-order valence-corrected chi connectivity index (χ0v) is 14.8. The van der Waals surface area contributed by atoms with Gasteiger partial charge in [0.15, 0.2) is 0 Å². The first-order valence-electron chi connectivity index (χ1n) is 8.93. The van der Waals surface area contributed by atoms with Crippen molar-refractivity contribution in [2.24, 2.45) is 7.05 Å². The third-order valence-corrected chi connectivity index (χ3v) is 5.50. The lowest BCUT2D eigenvalue weighted by Crippen LogP contribution is -2.48. The average Bonchev–Trinajstić information content (AvgIpc) is 2.88. The lowest BCUT2D eigenvalue weighted by molar-refractivity contribution is -0.120. The van der Waals surface area contributed by atoms with Gasteiger partial charge >= 0.3 is 0 Å². The number of benzene rings is 1. The predicted molar refractivity (Wildman–Crippen MR) is 96.7 cm³/mol. The fourth-order valence-corrected chi connectivity index (χ4v) is 4.11. The van der Waals surface area contributed by atoms with Crippen molar-refractivity contribution in [2.75, 3.05) is 18.0 Å². The van der Waals surface area contributed by atoms with Gasteiger partial charge in [-0.1, -0.05) is 18.2 Å². The first kappa shape index (κ1) is 16.1. The predicted octanol–water partition coefficient (Wildman–Crippen LogP) is 1.44. The van der Waals surface area contributed by atoms with E-state index in [2.05, 4.69) is 23.0 Å². The Balaban J connectivity index is 1.53. The number of fused-ring (bicyclic) bond motifs is 2. The number of anilines is 1. The first-order valence-corrected chi connectivity index (χ1v) is 8.93. The Kier molecular flexibility index (Phi) is 4.00. The molecule has 2 aliphatic rings. The number of carbonyl (C=O) groups excluding carboxylic acids is 1. The van der Waals surface area contributed by atoms with Crippen LogP contribution >= 0.6 is 0 Å². The molecule has 1 atom stereocenters. The molecule has 2 aliphatic heterocycles. The van der Waals surface area contributed by atoms with Crippen LogP contribution in [0.2, 0.25) is 0 Å². The highest BCUT2D eigenvalue weighted by Crippen LogP contribution is 2.30. The summed E-state index contributed by atoms with van der Waals surface area (Å²) in [6, 6.07) is 8.42. The molecule has 1 aromatic carbocycles. The number of aryl methyl sites for hydroxylation is 2. The zero-order valence-electron chi connectivity index (χ0n) is 14.8. The molecule has 0 saturated heterocycles. The Morgan fingerprint density at radius 1 is 1.28 bits per heavy atom. The highest BCUT2D eigenvalue weighted by atomic mass is 16.2. The topological polar surface area (TPSA) is 61.3 Å². The van der Waals surface area contributed by atoms with E-state index < -0.39 is 0 Å². The Labute approximate surface area is 147 Å². The molecule has 4 rings (SSSR count). The monoisotopic (exact) mass is 340 g/mol. The van der Waals surface area contributed by atoms with E-state index in [-0.39, 0.29) is 17.5 Å². The van der Waals surface area contributed by atoms with Gasteiger partial charge in [0, 0.05) is 37.4 Å². The smallest absolute Gasteiger partial charge is 0.267 e. The van der Waals surface area contributed by atoms with Gasteiger partial charge in [-0.05, 0) is 37.8 Å². The summed E-state index contributed by atoms with van der Waals surface area (Å²) in [4.78, 5) is 29.0. The molecule has 6 heteroatoms. The highest BCUT2D eigenvalue weighted by Gasteiger charge is 2.30. The van der Waals surface area contributed by atoms with Crippen molar-refractivity contribution >= 4 is 11.6 Å². The molecule has 2 aromatic rings. The van der Waals surface area contributed by atoms with Crippen LogP contribution in [0, 0.1) is 0 Å². The van der Waals surface area contributed by atoms with E-state index in [0.29, 0.717) is 19.5 Å². The second kappa shape index (κ2) is 6.19. The number of para-hydroxylation sites is 1. The summed E-state index contributed by atoms with van der Waals surface area (Å²) in [6.45, 7) is 3.89. The van der Waals surface area contributed by atoms with Crippen LogP contribution in [0.3, 0.4) is 0 Å². The molecule has 25 heavy (non-hydrogen) atoms. The average molecular weight is 340 g/mol. The molecule has 1 unspecified atom stereocenters. The standard InChI is InChI=1S/C19H24N4O2/c1-13-7-8-14-5-3-4-6-16(14)23(13)18(24)12-22-10-9-15-17(11-22)21(2)20-19(15)25/h3-6,13H,7-12H2,1-2H3,(H,20,25). The molecule has 3 heterocycles. The molecule has 0 spiro atoms. The molecule has 132 valence electrons. The van der Waals surface area contributed by atoms with Crippen molar-refractivity contribution in [2.45, 2.75) is 38.8 Å². The quantitative estimate of drug-likeness (QED) is 0.900. The van der Waals surface area contributed by atoms with Gasteiger partial charge < -0.3 is 4.90 Å². The van der Waals surface area contributed by atoms with Crippen LogP contribution in [0.4, 0.5) is 5.69 Å². The van der Waals surface area contributed by atoms with E-state index in [1.807, 2.05) is 30.1 Å². The van der Waals surface area contributed by atoms with Crippen LogP contribution in [0.25, 0.3) is 0 Å². The summed E-state index contributed by atoms with van der Waals surface area (Å²) in [5, 5.41) is 2.81. The van der Waals surface area contributed by atoms with Crippen molar-refractivity contribution in [1.29, 1.82) is 0 Å². The molecule has 1 aromatic heterocycles. The molecule has 0 saturated carbocycles. The van der Waals surface area contributed by atoms with Gasteiger partial charge in [0.2, 0.25) is 5.91 Å². The third-order valence-electron chi connectivity index (χ3n) is 5.50. The van der Waals surface area contributed by atoms with Crippen LogP contribution in [0.5, 0.6) is 0 Å². The minimum absolute atomic E-state index is 0.00190. The van der Waals surface area contributed by atoms with Gasteiger partial charge in [-0.15, -0.1) is 0 Å². The van der Waals surface area contributed by atoms with E-state index in [4.69, 9.17) is 0 Å².